The molecule has 0 amide bonds. The molecule has 0 aromatic carbocycles. The summed E-state index contributed by atoms with van der Waals surface area (Å²) < 4.78 is 7.34. The van der Waals surface area contributed by atoms with Gasteiger partial charge in [0.1, 0.15) is 0 Å². The van der Waals surface area contributed by atoms with Gasteiger partial charge in [-0.2, -0.15) is 5.10 Å². The Morgan fingerprint density at radius 2 is 2.69 bits per heavy atom. The normalized spacial score (nSPS) is 23.2. The second-order valence-electron chi connectivity index (χ2n) is 3.19. The molecule has 3 N–H and O–H groups in total. The lowest BCUT2D eigenvalue weighted by Gasteiger charge is -2.23. The maximum atomic E-state index is 5.54. The molecular formula is C8H14N4O. The fourth-order valence-corrected chi connectivity index (χ4v) is 1.43. The van der Waals surface area contributed by atoms with Crippen molar-refractivity contribution in [1.82, 2.24) is 15.1 Å². The third-order valence-electron chi connectivity index (χ3n) is 2.05. The van der Waals surface area contributed by atoms with E-state index in [1.807, 2.05) is 10.9 Å². The Hall–Kier alpha value is -1.07. The van der Waals surface area contributed by atoms with Crippen LogP contribution in [0.3, 0.4) is 0 Å². The topological polar surface area (TPSA) is 65.1 Å². The number of nitrogens with two attached hydrogens (primary N) is 1. The number of aromatic nitrogens is 2. The van der Waals surface area contributed by atoms with Gasteiger partial charge in [0, 0.05) is 19.3 Å². The minimum atomic E-state index is 0.216. The average molecular weight is 182 g/mol. The molecule has 1 aromatic heterocycles. The number of hydrogen-bond donors (Lipinski definition) is 2. The van der Waals surface area contributed by atoms with Crippen LogP contribution in [0.1, 0.15) is 0 Å². The number of rotatable bonds is 2. The van der Waals surface area contributed by atoms with Crippen molar-refractivity contribution in [1.29, 1.82) is 0 Å². The van der Waals surface area contributed by atoms with Gasteiger partial charge in [-0.05, 0) is 0 Å². The van der Waals surface area contributed by atoms with Crippen molar-refractivity contribution in [2.24, 2.45) is 0 Å². The van der Waals surface area contributed by atoms with Gasteiger partial charge in [-0.1, -0.05) is 0 Å². The zero-order chi connectivity index (χ0) is 9.10. The van der Waals surface area contributed by atoms with Crippen LogP contribution in [0.2, 0.25) is 0 Å². The zero-order valence-electron chi connectivity index (χ0n) is 7.44. The van der Waals surface area contributed by atoms with Gasteiger partial charge >= 0.3 is 0 Å². The van der Waals surface area contributed by atoms with Gasteiger partial charge in [0.15, 0.2) is 0 Å². The molecule has 1 aliphatic rings. The van der Waals surface area contributed by atoms with Crippen LogP contribution in [-0.4, -0.2) is 35.6 Å². The summed E-state index contributed by atoms with van der Waals surface area (Å²) in [5, 5.41) is 7.36. The fraction of sp³-hybridized carbons (Fsp3) is 0.625. The Morgan fingerprint density at radius 1 is 1.77 bits per heavy atom. The highest BCUT2D eigenvalue weighted by Gasteiger charge is 2.13. The molecule has 2 heterocycles. The van der Waals surface area contributed by atoms with E-state index >= 15 is 0 Å². The van der Waals surface area contributed by atoms with E-state index in [0.29, 0.717) is 5.69 Å². The van der Waals surface area contributed by atoms with Gasteiger partial charge in [-0.3, -0.25) is 4.68 Å². The third kappa shape index (κ3) is 2.19. The predicted octanol–water partition coefficient (Wildman–Crippen LogP) is -0.546. The molecule has 5 heteroatoms. The number of nitrogen functional groups attached to an aromatic ring is 1. The van der Waals surface area contributed by atoms with Gasteiger partial charge in [-0.25, -0.2) is 0 Å². The molecule has 13 heavy (non-hydrogen) atoms. The van der Waals surface area contributed by atoms with E-state index in [1.54, 1.807) is 6.20 Å². The second kappa shape index (κ2) is 3.76. The second-order valence-corrected chi connectivity index (χ2v) is 3.19. The summed E-state index contributed by atoms with van der Waals surface area (Å²) >= 11 is 0. The maximum absolute atomic E-state index is 5.54. The van der Waals surface area contributed by atoms with Crippen molar-refractivity contribution in [3.8, 4) is 0 Å². The van der Waals surface area contributed by atoms with Crippen molar-refractivity contribution in [2.75, 3.05) is 25.4 Å². The molecule has 0 bridgehead atoms. The van der Waals surface area contributed by atoms with E-state index in [9.17, 15) is 0 Å². The summed E-state index contributed by atoms with van der Waals surface area (Å²) in [4.78, 5) is 0. The van der Waals surface area contributed by atoms with Crippen molar-refractivity contribution in [3.63, 3.8) is 0 Å². The van der Waals surface area contributed by atoms with Crippen LogP contribution in [0, 0.1) is 0 Å². The van der Waals surface area contributed by atoms with E-state index in [2.05, 4.69) is 10.4 Å². The highest BCUT2D eigenvalue weighted by Crippen LogP contribution is 2.02. The monoisotopic (exact) mass is 182 g/mol. The lowest BCUT2D eigenvalue weighted by Crippen LogP contribution is -2.40. The first-order chi connectivity index (χ1) is 6.34. The Labute approximate surface area is 76.9 Å². The van der Waals surface area contributed by atoms with Crippen molar-refractivity contribution < 1.29 is 4.74 Å². The number of nitrogens with zero attached hydrogens (tertiary/aromatic N) is 2. The lowest BCUT2D eigenvalue weighted by atomic mass is 10.3. The van der Waals surface area contributed by atoms with E-state index < -0.39 is 0 Å². The predicted molar refractivity (Wildman–Crippen MR) is 49.2 cm³/mol. The molecule has 1 atom stereocenters. The summed E-state index contributed by atoms with van der Waals surface area (Å²) in [6.45, 7) is 3.38. The molecule has 72 valence electrons. The molecular weight excluding hydrogens is 168 g/mol. The summed E-state index contributed by atoms with van der Waals surface area (Å²) in [6.07, 6.45) is 3.68. The SMILES string of the molecule is Nc1cnn(CC2CNCCO2)c1. The van der Waals surface area contributed by atoms with E-state index in [-0.39, 0.29) is 6.10 Å². The van der Waals surface area contributed by atoms with E-state index in [4.69, 9.17) is 10.5 Å². The van der Waals surface area contributed by atoms with Crippen LogP contribution >= 0.6 is 0 Å². The number of nitrogens with one attached hydrogen (secondary N) is 1. The minimum absolute atomic E-state index is 0.216. The van der Waals surface area contributed by atoms with Crippen LogP contribution in [0.25, 0.3) is 0 Å². The van der Waals surface area contributed by atoms with Gasteiger partial charge in [-0.15, -0.1) is 0 Å². The van der Waals surface area contributed by atoms with Crippen molar-refractivity contribution >= 4 is 5.69 Å². The maximum Gasteiger partial charge on any atom is 0.0895 e. The Kier molecular flexibility index (Phi) is 2.47. The van der Waals surface area contributed by atoms with Crippen molar-refractivity contribution in [2.45, 2.75) is 12.6 Å². The third-order valence-corrected chi connectivity index (χ3v) is 2.05. The number of ether oxygens (including phenoxy) is 1. The Balaban J connectivity index is 1.89. The van der Waals surface area contributed by atoms with Crippen LogP contribution < -0.4 is 11.1 Å². The van der Waals surface area contributed by atoms with Crippen LogP contribution in [0.15, 0.2) is 12.4 Å². The molecule has 5 nitrogen and oxygen atoms in total. The van der Waals surface area contributed by atoms with E-state index in [0.717, 1.165) is 26.2 Å². The van der Waals surface area contributed by atoms with Crippen molar-refractivity contribution in [3.05, 3.63) is 12.4 Å². The van der Waals surface area contributed by atoms with Crippen LogP contribution in [0.4, 0.5) is 5.69 Å². The molecule has 0 saturated carbocycles. The van der Waals surface area contributed by atoms with Gasteiger partial charge < -0.3 is 15.8 Å². The molecule has 1 aliphatic heterocycles. The molecule has 2 rings (SSSR count). The van der Waals surface area contributed by atoms with Gasteiger partial charge in [0.2, 0.25) is 0 Å². The highest BCUT2D eigenvalue weighted by molar-refractivity contribution is 5.30. The summed E-state index contributed by atoms with van der Waals surface area (Å²) in [5.41, 5.74) is 6.24. The molecule has 1 fully saturated rings. The molecule has 0 spiro atoms. The largest absolute Gasteiger partial charge is 0.396 e. The quantitative estimate of drug-likeness (QED) is 0.644. The molecule has 1 aromatic rings. The number of hydrogen-bond acceptors (Lipinski definition) is 4. The average Bonchev–Trinajstić information content (AvgIpc) is 2.53. The number of morpholine rings is 1. The fourth-order valence-electron chi connectivity index (χ4n) is 1.43. The molecule has 1 unspecified atom stereocenters. The van der Waals surface area contributed by atoms with Crippen LogP contribution in [-0.2, 0) is 11.3 Å². The lowest BCUT2D eigenvalue weighted by molar-refractivity contribution is 0.0161. The summed E-state index contributed by atoms with van der Waals surface area (Å²) in [6, 6.07) is 0. The molecule has 0 radical (unpaired) electrons. The minimum Gasteiger partial charge on any atom is -0.396 e. The van der Waals surface area contributed by atoms with E-state index in [1.165, 1.54) is 0 Å². The molecule has 1 saturated heterocycles. The standard InChI is InChI=1S/C8H14N4O/c9-7-3-11-12(5-7)6-8-4-10-1-2-13-8/h3,5,8,10H,1-2,4,6,9H2. The first-order valence-electron chi connectivity index (χ1n) is 4.45. The van der Waals surface area contributed by atoms with Gasteiger partial charge in [0.25, 0.3) is 0 Å². The van der Waals surface area contributed by atoms with Crippen LogP contribution in [0.5, 0.6) is 0 Å². The molecule has 0 aliphatic carbocycles. The Bertz CT molecular complexity index is 267. The smallest absolute Gasteiger partial charge is 0.0895 e. The first-order valence-corrected chi connectivity index (χ1v) is 4.45. The summed E-state index contributed by atoms with van der Waals surface area (Å²) in [7, 11) is 0. The number of anilines is 1. The van der Waals surface area contributed by atoms with Gasteiger partial charge in [0.05, 0.1) is 31.1 Å². The highest BCUT2D eigenvalue weighted by atomic mass is 16.5. The summed E-state index contributed by atoms with van der Waals surface area (Å²) in [5.74, 6) is 0. The zero-order valence-corrected chi connectivity index (χ0v) is 7.44. The first kappa shape index (κ1) is 8.52. The Morgan fingerprint density at radius 3 is 3.31 bits per heavy atom.